The van der Waals surface area contributed by atoms with E-state index in [9.17, 15) is 0 Å². The Balaban J connectivity index is 1.63. The number of rotatable bonds is 4. The highest BCUT2D eigenvalue weighted by atomic mass is 15.1. The number of nitrogens with two attached hydrogens (primary N) is 1. The molecule has 2 rings (SSSR count). The van der Waals surface area contributed by atoms with Gasteiger partial charge in [0.25, 0.3) is 0 Å². The Morgan fingerprint density at radius 2 is 1.93 bits per heavy atom. The van der Waals surface area contributed by atoms with Crippen molar-refractivity contribution in [2.45, 2.75) is 51.0 Å². The minimum Gasteiger partial charge on any atom is -0.325 e. The number of likely N-dealkylation sites (tertiary alicyclic amines) is 1. The fourth-order valence-electron chi connectivity index (χ4n) is 2.49. The first-order valence-corrected chi connectivity index (χ1v) is 6.23. The molecule has 1 aliphatic carbocycles. The first-order chi connectivity index (χ1) is 6.72. The second-order valence-electron chi connectivity index (χ2n) is 5.28. The molecule has 1 saturated carbocycles. The Labute approximate surface area is 87.8 Å². The van der Waals surface area contributed by atoms with Gasteiger partial charge in [0, 0.05) is 5.54 Å². The Kier molecular flexibility index (Phi) is 3.13. The van der Waals surface area contributed by atoms with Crippen LogP contribution in [0.5, 0.6) is 0 Å². The van der Waals surface area contributed by atoms with Gasteiger partial charge in [0.2, 0.25) is 0 Å². The van der Waals surface area contributed by atoms with E-state index in [0.29, 0.717) is 0 Å². The zero-order valence-electron chi connectivity index (χ0n) is 9.47. The summed E-state index contributed by atoms with van der Waals surface area (Å²) in [7, 11) is 0. The second kappa shape index (κ2) is 4.19. The molecule has 1 saturated heterocycles. The maximum atomic E-state index is 6.11. The fraction of sp³-hybridized carbons (Fsp3) is 1.00. The molecule has 0 aromatic rings. The summed E-state index contributed by atoms with van der Waals surface area (Å²) in [6.07, 6.45) is 8.04. The smallest absolute Gasteiger partial charge is 0.0155 e. The molecule has 2 fully saturated rings. The molecule has 0 unspecified atom stereocenters. The van der Waals surface area contributed by atoms with E-state index in [-0.39, 0.29) is 5.54 Å². The summed E-state index contributed by atoms with van der Waals surface area (Å²) in [6, 6.07) is 0. The van der Waals surface area contributed by atoms with Crippen molar-refractivity contribution in [3.05, 3.63) is 0 Å². The van der Waals surface area contributed by atoms with Crippen LogP contribution in [0.1, 0.15) is 45.4 Å². The molecule has 2 N–H and O–H groups in total. The van der Waals surface area contributed by atoms with Gasteiger partial charge in [0.15, 0.2) is 0 Å². The highest BCUT2D eigenvalue weighted by Gasteiger charge is 2.38. The van der Waals surface area contributed by atoms with Gasteiger partial charge in [0.05, 0.1) is 0 Å². The first kappa shape index (κ1) is 10.4. The van der Waals surface area contributed by atoms with Crippen LogP contribution in [0.2, 0.25) is 0 Å². The summed E-state index contributed by atoms with van der Waals surface area (Å²) < 4.78 is 0. The topological polar surface area (TPSA) is 29.3 Å². The van der Waals surface area contributed by atoms with E-state index >= 15 is 0 Å². The lowest BCUT2D eigenvalue weighted by atomic mass is 9.90. The molecule has 0 bridgehead atoms. The van der Waals surface area contributed by atoms with Crippen molar-refractivity contribution in [2.24, 2.45) is 11.7 Å². The van der Waals surface area contributed by atoms with Crippen molar-refractivity contribution in [3.63, 3.8) is 0 Å². The van der Waals surface area contributed by atoms with Crippen LogP contribution in [0.3, 0.4) is 0 Å². The monoisotopic (exact) mass is 196 g/mol. The van der Waals surface area contributed by atoms with Crippen LogP contribution in [-0.4, -0.2) is 30.1 Å². The molecule has 0 aromatic heterocycles. The Bertz CT molecular complexity index is 179. The minimum absolute atomic E-state index is 0.280. The molecule has 14 heavy (non-hydrogen) atoms. The van der Waals surface area contributed by atoms with Crippen LogP contribution in [0, 0.1) is 5.92 Å². The molecule has 1 aliphatic heterocycles. The minimum atomic E-state index is 0.280. The second-order valence-corrected chi connectivity index (χ2v) is 5.28. The van der Waals surface area contributed by atoms with Crippen molar-refractivity contribution < 1.29 is 0 Å². The van der Waals surface area contributed by atoms with Crippen LogP contribution in [-0.2, 0) is 0 Å². The van der Waals surface area contributed by atoms with Crippen molar-refractivity contribution in [1.29, 1.82) is 0 Å². The lowest BCUT2D eigenvalue weighted by Crippen LogP contribution is -2.34. The number of nitrogens with zero attached hydrogens (tertiary/aromatic N) is 1. The predicted octanol–water partition coefficient (Wildman–Crippen LogP) is 1.99. The molecule has 2 heteroatoms. The van der Waals surface area contributed by atoms with Crippen molar-refractivity contribution >= 4 is 0 Å². The third kappa shape index (κ3) is 2.71. The van der Waals surface area contributed by atoms with Gasteiger partial charge in [-0.1, -0.05) is 6.92 Å². The predicted molar refractivity (Wildman–Crippen MR) is 60.2 cm³/mol. The summed E-state index contributed by atoms with van der Waals surface area (Å²) >= 11 is 0. The zero-order chi connectivity index (χ0) is 10.0. The Hall–Kier alpha value is -0.0800. The van der Waals surface area contributed by atoms with E-state index < -0.39 is 0 Å². The van der Waals surface area contributed by atoms with Gasteiger partial charge in [-0.25, -0.2) is 0 Å². The van der Waals surface area contributed by atoms with Crippen LogP contribution in [0.4, 0.5) is 0 Å². The molecule has 2 aliphatic rings. The SMILES string of the molecule is CCN1CCC(CCC2(N)CC2)CC1. The van der Waals surface area contributed by atoms with Crippen LogP contribution < -0.4 is 5.73 Å². The molecular weight excluding hydrogens is 172 g/mol. The van der Waals surface area contributed by atoms with E-state index in [2.05, 4.69) is 11.8 Å². The van der Waals surface area contributed by atoms with Gasteiger partial charge in [-0.3, -0.25) is 0 Å². The standard InChI is InChI=1S/C12H24N2/c1-2-14-9-4-11(5-10-14)3-6-12(13)7-8-12/h11H,2-10,13H2,1H3. The van der Waals surface area contributed by atoms with E-state index in [0.717, 1.165) is 5.92 Å². The van der Waals surface area contributed by atoms with Crippen LogP contribution in [0.25, 0.3) is 0 Å². The van der Waals surface area contributed by atoms with Gasteiger partial charge in [0.1, 0.15) is 0 Å². The molecule has 1 heterocycles. The van der Waals surface area contributed by atoms with Crippen LogP contribution in [0.15, 0.2) is 0 Å². The number of hydrogen-bond donors (Lipinski definition) is 1. The highest BCUT2D eigenvalue weighted by molar-refractivity contribution is 4.98. The van der Waals surface area contributed by atoms with Crippen molar-refractivity contribution in [1.82, 2.24) is 4.90 Å². The summed E-state index contributed by atoms with van der Waals surface area (Å²) in [5.41, 5.74) is 6.39. The average molecular weight is 196 g/mol. The van der Waals surface area contributed by atoms with E-state index in [1.165, 1.54) is 58.2 Å². The molecule has 82 valence electrons. The quantitative estimate of drug-likeness (QED) is 0.745. The van der Waals surface area contributed by atoms with E-state index in [1.807, 2.05) is 0 Å². The van der Waals surface area contributed by atoms with Crippen molar-refractivity contribution in [3.8, 4) is 0 Å². The van der Waals surface area contributed by atoms with Gasteiger partial charge in [-0.05, 0) is 64.1 Å². The largest absolute Gasteiger partial charge is 0.325 e. The summed E-state index contributed by atoms with van der Waals surface area (Å²) in [6.45, 7) is 6.13. The van der Waals surface area contributed by atoms with E-state index in [1.54, 1.807) is 0 Å². The molecule has 0 aromatic carbocycles. The highest BCUT2D eigenvalue weighted by Crippen LogP contribution is 2.38. The van der Waals surface area contributed by atoms with Gasteiger partial charge >= 0.3 is 0 Å². The lowest BCUT2D eigenvalue weighted by Gasteiger charge is -2.31. The molecular formula is C12H24N2. The van der Waals surface area contributed by atoms with Crippen LogP contribution >= 0.6 is 0 Å². The normalized spacial score (nSPS) is 27.9. The summed E-state index contributed by atoms with van der Waals surface area (Å²) in [5, 5.41) is 0. The molecule has 0 amide bonds. The Morgan fingerprint density at radius 1 is 1.29 bits per heavy atom. The maximum absolute atomic E-state index is 6.11. The van der Waals surface area contributed by atoms with Crippen molar-refractivity contribution in [2.75, 3.05) is 19.6 Å². The molecule has 0 atom stereocenters. The molecule has 0 spiro atoms. The maximum Gasteiger partial charge on any atom is 0.0155 e. The lowest BCUT2D eigenvalue weighted by molar-refractivity contribution is 0.183. The van der Waals surface area contributed by atoms with Gasteiger partial charge < -0.3 is 10.6 Å². The van der Waals surface area contributed by atoms with Gasteiger partial charge in [-0.2, -0.15) is 0 Å². The number of hydrogen-bond acceptors (Lipinski definition) is 2. The Morgan fingerprint density at radius 3 is 2.43 bits per heavy atom. The van der Waals surface area contributed by atoms with Gasteiger partial charge in [-0.15, -0.1) is 0 Å². The number of piperidine rings is 1. The fourth-order valence-corrected chi connectivity index (χ4v) is 2.49. The third-order valence-corrected chi connectivity index (χ3v) is 4.10. The average Bonchev–Trinajstić information content (AvgIpc) is 2.95. The summed E-state index contributed by atoms with van der Waals surface area (Å²) in [5.74, 6) is 0.971. The third-order valence-electron chi connectivity index (χ3n) is 4.10. The molecule has 2 nitrogen and oxygen atoms in total. The van der Waals surface area contributed by atoms with E-state index in [4.69, 9.17) is 5.73 Å². The molecule has 0 radical (unpaired) electrons. The first-order valence-electron chi connectivity index (χ1n) is 6.23. The summed E-state index contributed by atoms with van der Waals surface area (Å²) in [4.78, 5) is 2.56. The zero-order valence-corrected chi connectivity index (χ0v) is 9.47.